The average molecular weight is 237 g/mol. The molecule has 3 heteroatoms. The van der Waals surface area contributed by atoms with Gasteiger partial charge in [0.1, 0.15) is 0 Å². The van der Waals surface area contributed by atoms with Crippen LogP contribution in [0.4, 0.5) is 0 Å². The highest BCUT2D eigenvalue weighted by Crippen LogP contribution is 2.29. The summed E-state index contributed by atoms with van der Waals surface area (Å²) in [6.45, 7) is 16.3. The quantitative estimate of drug-likeness (QED) is 0.873. The lowest BCUT2D eigenvalue weighted by molar-refractivity contribution is 0.262. The summed E-state index contributed by atoms with van der Waals surface area (Å²) < 4.78 is 2.21. The lowest BCUT2D eigenvalue weighted by Gasteiger charge is -2.28. The van der Waals surface area contributed by atoms with E-state index in [4.69, 9.17) is 0 Å². The van der Waals surface area contributed by atoms with E-state index in [1.807, 2.05) is 6.33 Å². The van der Waals surface area contributed by atoms with Gasteiger partial charge in [-0.25, -0.2) is 4.98 Å². The van der Waals surface area contributed by atoms with Crippen LogP contribution in [0.25, 0.3) is 0 Å². The van der Waals surface area contributed by atoms with Crippen LogP contribution in [0.15, 0.2) is 12.5 Å². The van der Waals surface area contributed by atoms with Crippen LogP contribution in [0.3, 0.4) is 0 Å². The molecule has 0 aliphatic rings. The maximum Gasteiger partial charge on any atom is 0.0952 e. The molecule has 17 heavy (non-hydrogen) atoms. The van der Waals surface area contributed by atoms with Crippen molar-refractivity contribution in [1.29, 1.82) is 0 Å². The molecule has 1 unspecified atom stereocenters. The predicted octanol–water partition coefficient (Wildman–Crippen LogP) is 3.38. The van der Waals surface area contributed by atoms with Gasteiger partial charge in [-0.2, -0.15) is 0 Å². The van der Waals surface area contributed by atoms with Crippen LogP contribution in [0.1, 0.15) is 60.2 Å². The summed E-state index contributed by atoms with van der Waals surface area (Å²) in [5.74, 6) is 0. The Hall–Kier alpha value is -0.830. The van der Waals surface area contributed by atoms with E-state index in [1.54, 1.807) is 0 Å². The highest BCUT2D eigenvalue weighted by molar-refractivity contribution is 4.99. The SMILES string of the molecule is CC(n1cnc(CNC(C)(C)C)c1)C(C)(C)C. The molecular formula is C14H27N3. The van der Waals surface area contributed by atoms with Crippen molar-refractivity contribution in [2.24, 2.45) is 5.41 Å². The van der Waals surface area contributed by atoms with E-state index in [0.717, 1.165) is 12.2 Å². The van der Waals surface area contributed by atoms with Gasteiger partial charge in [-0.15, -0.1) is 0 Å². The predicted molar refractivity (Wildman–Crippen MR) is 73.0 cm³/mol. The maximum atomic E-state index is 4.45. The molecule has 1 heterocycles. The van der Waals surface area contributed by atoms with Gasteiger partial charge in [0.25, 0.3) is 0 Å². The summed E-state index contributed by atoms with van der Waals surface area (Å²) in [5.41, 5.74) is 1.51. The van der Waals surface area contributed by atoms with E-state index in [-0.39, 0.29) is 11.0 Å². The largest absolute Gasteiger partial charge is 0.334 e. The zero-order valence-corrected chi connectivity index (χ0v) is 12.3. The van der Waals surface area contributed by atoms with E-state index < -0.39 is 0 Å². The molecule has 3 nitrogen and oxygen atoms in total. The van der Waals surface area contributed by atoms with Gasteiger partial charge in [0.15, 0.2) is 0 Å². The highest BCUT2D eigenvalue weighted by Gasteiger charge is 2.21. The number of hydrogen-bond donors (Lipinski definition) is 1. The Bertz CT molecular complexity index is 352. The van der Waals surface area contributed by atoms with Gasteiger partial charge < -0.3 is 9.88 Å². The van der Waals surface area contributed by atoms with E-state index in [1.165, 1.54) is 0 Å². The molecule has 0 aromatic carbocycles. The molecule has 0 fully saturated rings. The summed E-state index contributed by atoms with van der Waals surface area (Å²) in [5, 5.41) is 3.45. The third-order valence-electron chi connectivity index (χ3n) is 3.16. The van der Waals surface area contributed by atoms with Crippen molar-refractivity contribution < 1.29 is 0 Å². The van der Waals surface area contributed by atoms with Gasteiger partial charge in [-0.1, -0.05) is 20.8 Å². The summed E-state index contributed by atoms with van der Waals surface area (Å²) in [7, 11) is 0. The Labute approximate surface area is 106 Å². The molecule has 0 aliphatic heterocycles. The minimum Gasteiger partial charge on any atom is -0.334 e. The normalized spacial score (nSPS) is 15.0. The van der Waals surface area contributed by atoms with E-state index in [9.17, 15) is 0 Å². The fourth-order valence-electron chi connectivity index (χ4n) is 1.49. The minimum atomic E-state index is 0.138. The van der Waals surface area contributed by atoms with Gasteiger partial charge in [0.2, 0.25) is 0 Å². The Morgan fingerprint density at radius 2 is 1.82 bits per heavy atom. The monoisotopic (exact) mass is 237 g/mol. The number of imidazole rings is 1. The van der Waals surface area contributed by atoms with E-state index >= 15 is 0 Å². The fourth-order valence-corrected chi connectivity index (χ4v) is 1.49. The third-order valence-corrected chi connectivity index (χ3v) is 3.16. The Morgan fingerprint density at radius 3 is 2.29 bits per heavy atom. The van der Waals surface area contributed by atoms with Crippen molar-refractivity contribution >= 4 is 0 Å². The van der Waals surface area contributed by atoms with Crippen LogP contribution in [-0.2, 0) is 6.54 Å². The molecule has 1 rings (SSSR count). The molecule has 0 bridgehead atoms. The zero-order chi connectivity index (χ0) is 13.3. The maximum absolute atomic E-state index is 4.45. The van der Waals surface area contributed by atoms with Crippen molar-refractivity contribution in [2.75, 3.05) is 0 Å². The van der Waals surface area contributed by atoms with Crippen LogP contribution < -0.4 is 5.32 Å². The summed E-state index contributed by atoms with van der Waals surface area (Å²) >= 11 is 0. The Balaban J connectivity index is 2.66. The summed E-state index contributed by atoms with van der Waals surface area (Å²) in [6.07, 6.45) is 4.09. The van der Waals surface area contributed by atoms with Crippen LogP contribution in [0.5, 0.6) is 0 Å². The second-order valence-corrected chi connectivity index (χ2v) is 6.96. The number of nitrogens with one attached hydrogen (secondary N) is 1. The van der Waals surface area contributed by atoms with Crippen molar-refractivity contribution in [3.63, 3.8) is 0 Å². The molecule has 1 aromatic rings. The number of rotatable bonds is 3. The van der Waals surface area contributed by atoms with Gasteiger partial charge in [-0.05, 0) is 33.1 Å². The number of nitrogens with zero attached hydrogens (tertiary/aromatic N) is 2. The second kappa shape index (κ2) is 4.81. The van der Waals surface area contributed by atoms with E-state index in [2.05, 4.69) is 69.5 Å². The van der Waals surface area contributed by atoms with Gasteiger partial charge in [0.05, 0.1) is 12.0 Å². The fraction of sp³-hybridized carbons (Fsp3) is 0.786. The number of aromatic nitrogens is 2. The molecule has 1 atom stereocenters. The first kappa shape index (κ1) is 14.2. The van der Waals surface area contributed by atoms with Gasteiger partial charge in [-0.3, -0.25) is 0 Å². The molecule has 0 radical (unpaired) electrons. The molecule has 0 saturated carbocycles. The Morgan fingerprint density at radius 1 is 1.24 bits per heavy atom. The van der Waals surface area contributed by atoms with E-state index in [0.29, 0.717) is 6.04 Å². The van der Waals surface area contributed by atoms with Crippen molar-refractivity contribution in [3.8, 4) is 0 Å². The third kappa shape index (κ3) is 4.50. The lowest BCUT2D eigenvalue weighted by atomic mass is 9.88. The smallest absolute Gasteiger partial charge is 0.0952 e. The van der Waals surface area contributed by atoms with Crippen LogP contribution >= 0.6 is 0 Å². The van der Waals surface area contributed by atoms with Crippen LogP contribution in [0, 0.1) is 5.41 Å². The van der Waals surface area contributed by atoms with Crippen molar-refractivity contribution in [1.82, 2.24) is 14.9 Å². The standard InChI is InChI=1S/C14H27N3/c1-11(13(2,3)4)17-9-12(15-10-17)8-16-14(5,6)7/h9-11,16H,8H2,1-7H3. The minimum absolute atomic E-state index is 0.138. The van der Waals surface area contributed by atoms with Gasteiger partial charge in [0, 0.05) is 24.3 Å². The molecule has 0 spiro atoms. The number of hydrogen-bond acceptors (Lipinski definition) is 2. The average Bonchev–Trinajstić information content (AvgIpc) is 2.59. The first-order valence-electron chi connectivity index (χ1n) is 6.37. The lowest BCUT2D eigenvalue weighted by Crippen LogP contribution is -2.35. The van der Waals surface area contributed by atoms with Crippen molar-refractivity contribution in [3.05, 3.63) is 18.2 Å². The molecular weight excluding hydrogens is 210 g/mol. The first-order valence-corrected chi connectivity index (χ1v) is 6.37. The zero-order valence-electron chi connectivity index (χ0n) is 12.3. The van der Waals surface area contributed by atoms with Gasteiger partial charge >= 0.3 is 0 Å². The summed E-state index contributed by atoms with van der Waals surface area (Å²) in [4.78, 5) is 4.45. The topological polar surface area (TPSA) is 29.9 Å². The second-order valence-electron chi connectivity index (χ2n) is 6.96. The van der Waals surface area contributed by atoms with Crippen LogP contribution in [-0.4, -0.2) is 15.1 Å². The van der Waals surface area contributed by atoms with Crippen LogP contribution in [0.2, 0.25) is 0 Å². The first-order chi connectivity index (χ1) is 7.59. The molecule has 1 N–H and O–H groups in total. The molecule has 0 aliphatic carbocycles. The molecule has 1 aromatic heterocycles. The van der Waals surface area contributed by atoms with Crippen molar-refractivity contribution in [2.45, 2.75) is 66.6 Å². The molecule has 0 amide bonds. The molecule has 98 valence electrons. The molecule has 0 saturated heterocycles. The summed E-state index contributed by atoms with van der Waals surface area (Å²) in [6, 6.07) is 0.457. The Kier molecular flexibility index (Phi) is 4.03. The highest BCUT2D eigenvalue weighted by atomic mass is 15.1.